The maximum Gasteiger partial charge on any atom is 0.0689 e. The van der Waals surface area contributed by atoms with Crippen LogP contribution in [0.25, 0.3) is 16.8 Å². The molecule has 0 N–H and O–H groups in total. The first kappa shape index (κ1) is 15.7. The average Bonchev–Trinajstić information content (AvgIpc) is 2.49. The predicted octanol–water partition coefficient (Wildman–Crippen LogP) is 6.05. The number of hydrogen-bond acceptors (Lipinski definition) is 1. The number of fused-ring (bicyclic) bond motifs is 1. The van der Waals surface area contributed by atoms with E-state index in [0.717, 1.165) is 18.5 Å². The van der Waals surface area contributed by atoms with Crippen molar-refractivity contribution in [2.45, 2.75) is 47.5 Å². The van der Waals surface area contributed by atoms with Gasteiger partial charge in [0.05, 0.1) is 5.70 Å². The summed E-state index contributed by atoms with van der Waals surface area (Å²) in [6.07, 6.45) is 4.12. The van der Waals surface area contributed by atoms with Crippen LogP contribution in [0.2, 0.25) is 0 Å². The molecule has 0 bridgehead atoms. The largest absolute Gasteiger partial charge is 0.261 e. The van der Waals surface area contributed by atoms with E-state index in [4.69, 9.17) is 0 Å². The standard InChI is InChI=1S/C22H25N/c1-6-23-22-15(3)7-8-18-13-19(9-10-20(18)22)21-16(4)11-14(2)12-17(21)5/h6,9-13H,7-8H2,1-5H3. The van der Waals surface area contributed by atoms with E-state index < -0.39 is 0 Å². The molecule has 23 heavy (non-hydrogen) atoms. The zero-order valence-corrected chi connectivity index (χ0v) is 14.8. The minimum atomic E-state index is 1.11. The SMILES string of the molecule is CC=NC1=C(C)CCc2cc(-c3c(C)cc(C)cc3C)ccc21. The molecule has 2 aromatic carbocycles. The van der Waals surface area contributed by atoms with Crippen LogP contribution in [0.15, 0.2) is 40.9 Å². The Hall–Kier alpha value is -2.15. The van der Waals surface area contributed by atoms with Crippen LogP contribution in [0.3, 0.4) is 0 Å². The molecular formula is C22H25N. The van der Waals surface area contributed by atoms with Gasteiger partial charge in [-0.1, -0.05) is 35.9 Å². The first-order valence-corrected chi connectivity index (χ1v) is 8.41. The van der Waals surface area contributed by atoms with Crippen LogP contribution in [0.5, 0.6) is 0 Å². The molecule has 1 aliphatic carbocycles. The van der Waals surface area contributed by atoms with Gasteiger partial charge in [-0.2, -0.15) is 0 Å². The van der Waals surface area contributed by atoms with E-state index in [9.17, 15) is 0 Å². The van der Waals surface area contributed by atoms with E-state index in [1.165, 1.54) is 44.5 Å². The van der Waals surface area contributed by atoms with Gasteiger partial charge in [-0.25, -0.2) is 0 Å². The van der Waals surface area contributed by atoms with Gasteiger partial charge in [0.25, 0.3) is 0 Å². The maximum absolute atomic E-state index is 4.61. The lowest BCUT2D eigenvalue weighted by Crippen LogP contribution is -2.03. The summed E-state index contributed by atoms with van der Waals surface area (Å²) in [5.41, 5.74) is 12.0. The number of allylic oxidation sites excluding steroid dienone is 1. The highest BCUT2D eigenvalue weighted by Gasteiger charge is 2.17. The molecule has 0 aliphatic heterocycles. The quantitative estimate of drug-likeness (QED) is 0.599. The summed E-state index contributed by atoms with van der Waals surface area (Å²) in [6, 6.07) is 11.4. The van der Waals surface area contributed by atoms with Crippen molar-refractivity contribution in [3.8, 4) is 11.1 Å². The highest BCUT2D eigenvalue weighted by atomic mass is 14.7. The van der Waals surface area contributed by atoms with Gasteiger partial charge in [0.1, 0.15) is 0 Å². The predicted molar refractivity (Wildman–Crippen MR) is 101 cm³/mol. The minimum absolute atomic E-state index is 1.11. The molecule has 0 spiro atoms. The van der Waals surface area contributed by atoms with E-state index >= 15 is 0 Å². The molecule has 1 heteroatoms. The van der Waals surface area contributed by atoms with Gasteiger partial charge >= 0.3 is 0 Å². The van der Waals surface area contributed by atoms with Gasteiger partial charge in [-0.05, 0) is 80.9 Å². The van der Waals surface area contributed by atoms with Crippen molar-refractivity contribution in [1.29, 1.82) is 0 Å². The Balaban J connectivity index is 2.14. The zero-order chi connectivity index (χ0) is 16.6. The molecule has 1 aliphatic rings. The summed E-state index contributed by atoms with van der Waals surface area (Å²) in [7, 11) is 0. The number of aryl methyl sites for hydroxylation is 4. The molecule has 1 nitrogen and oxygen atoms in total. The third kappa shape index (κ3) is 2.88. The molecule has 3 rings (SSSR count). The second-order valence-electron chi connectivity index (χ2n) is 6.66. The summed E-state index contributed by atoms with van der Waals surface area (Å²) in [6.45, 7) is 10.8. The second kappa shape index (κ2) is 6.16. The lowest BCUT2D eigenvalue weighted by atomic mass is 9.86. The minimum Gasteiger partial charge on any atom is -0.261 e. The fourth-order valence-corrected chi connectivity index (χ4v) is 3.80. The molecule has 2 aromatic rings. The van der Waals surface area contributed by atoms with Crippen LogP contribution in [0.1, 0.15) is 48.1 Å². The first-order valence-electron chi connectivity index (χ1n) is 8.41. The van der Waals surface area contributed by atoms with E-state index in [-0.39, 0.29) is 0 Å². The molecule has 0 saturated heterocycles. The third-order valence-corrected chi connectivity index (χ3v) is 4.76. The van der Waals surface area contributed by atoms with Crippen LogP contribution in [-0.2, 0) is 6.42 Å². The molecule has 0 saturated carbocycles. The van der Waals surface area contributed by atoms with Gasteiger partial charge in [0.2, 0.25) is 0 Å². The monoisotopic (exact) mass is 303 g/mol. The van der Waals surface area contributed by atoms with Crippen molar-refractivity contribution < 1.29 is 0 Å². The Morgan fingerprint density at radius 2 is 1.61 bits per heavy atom. The fourth-order valence-electron chi connectivity index (χ4n) is 3.80. The summed E-state index contributed by atoms with van der Waals surface area (Å²) in [5.74, 6) is 0. The molecular weight excluding hydrogens is 278 g/mol. The Morgan fingerprint density at radius 1 is 0.913 bits per heavy atom. The molecule has 118 valence electrons. The van der Waals surface area contributed by atoms with E-state index in [0.29, 0.717) is 0 Å². The summed E-state index contributed by atoms with van der Waals surface area (Å²) >= 11 is 0. The van der Waals surface area contributed by atoms with E-state index in [1.54, 1.807) is 0 Å². The normalized spacial score (nSPS) is 14.5. The topological polar surface area (TPSA) is 12.4 Å². The number of rotatable bonds is 2. The Labute approximate surface area is 139 Å². The van der Waals surface area contributed by atoms with Gasteiger partial charge in [-0.15, -0.1) is 0 Å². The Morgan fingerprint density at radius 3 is 2.26 bits per heavy atom. The zero-order valence-electron chi connectivity index (χ0n) is 14.8. The molecule has 0 fully saturated rings. The Kier molecular flexibility index (Phi) is 4.21. The van der Waals surface area contributed by atoms with Gasteiger partial charge in [-0.3, -0.25) is 4.99 Å². The van der Waals surface area contributed by atoms with E-state index in [2.05, 4.69) is 63.0 Å². The van der Waals surface area contributed by atoms with Gasteiger partial charge in [0, 0.05) is 11.8 Å². The number of aliphatic imine (C=N–C) groups is 1. The van der Waals surface area contributed by atoms with Crippen molar-refractivity contribution in [2.24, 2.45) is 4.99 Å². The van der Waals surface area contributed by atoms with E-state index in [1.807, 2.05) is 13.1 Å². The highest BCUT2D eigenvalue weighted by molar-refractivity contribution is 5.80. The highest BCUT2D eigenvalue weighted by Crippen LogP contribution is 2.36. The molecule has 0 atom stereocenters. The molecule has 0 radical (unpaired) electrons. The average molecular weight is 303 g/mol. The molecule has 0 unspecified atom stereocenters. The molecule has 0 amide bonds. The van der Waals surface area contributed by atoms with Crippen LogP contribution < -0.4 is 0 Å². The van der Waals surface area contributed by atoms with Gasteiger partial charge in [0.15, 0.2) is 0 Å². The summed E-state index contributed by atoms with van der Waals surface area (Å²) in [4.78, 5) is 4.61. The van der Waals surface area contributed by atoms with Crippen molar-refractivity contribution in [1.82, 2.24) is 0 Å². The van der Waals surface area contributed by atoms with Gasteiger partial charge < -0.3 is 0 Å². The van der Waals surface area contributed by atoms with Crippen molar-refractivity contribution in [3.63, 3.8) is 0 Å². The third-order valence-electron chi connectivity index (χ3n) is 4.76. The van der Waals surface area contributed by atoms with Crippen LogP contribution >= 0.6 is 0 Å². The molecule has 0 heterocycles. The summed E-state index contributed by atoms with van der Waals surface area (Å²) < 4.78 is 0. The Bertz CT molecular complexity index is 799. The number of hydrogen-bond donors (Lipinski definition) is 0. The van der Waals surface area contributed by atoms with Crippen molar-refractivity contribution in [2.75, 3.05) is 0 Å². The second-order valence-corrected chi connectivity index (χ2v) is 6.66. The van der Waals surface area contributed by atoms with Crippen LogP contribution in [-0.4, -0.2) is 6.21 Å². The number of nitrogens with zero attached hydrogens (tertiary/aromatic N) is 1. The lowest BCUT2D eigenvalue weighted by molar-refractivity contribution is 0.913. The van der Waals surface area contributed by atoms with Crippen LogP contribution in [0, 0.1) is 20.8 Å². The van der Waals surface area contributed by atoms with Crippen molar-refractivity contribution >= 4 is 11.9 Å². The fraction of sp³-hybridized carbons (Fsp3) is 0.318. The smallest absolute Gasteiger partial charge is 0.0689 e. The molecule has 0 aromatic heterocycles. The number of benzene rings is 2. The van der Waals surface area contributed by atoms with Crippen molar-refractivity contribution in [3.05, 3.63) is 63.7 Å². The maximum atomic E-state index is 4.61. The lowest BCUT2D eigenvalue weighted by Gasteiger charge is -2.21. The summed E-state index contributed by atoms with van der Waals surface area (Å²) in [5, 5.41) is 0. The first-order chi connectivity index (χ1) is 11.0. The van der Waals surface area contributed by atoms with Crippen LogP contribution in [0.4, 0.5) is 0 Å².